The third-order valence-electron chi connectivity index (χ3n) is 3.41. The van der Waals surface area contributed by atoms with Gasteiger partial charge in [0.1, 0.15) is 0 Å². The van der Waals surface area contributed by atoms with Gasteiger partial charge in [0, 0.05) is 6.04 Å². The number of carboxylic acid groups (broad SMARTS) is 1. The second-order valence-corrected chi connectivity index (χ2v) is 4.65. The number of piperidine rings is 1. The second kappa shape index (κ2) is 6.11. The first-order chi connectivity index (χ1) is 7.15. The van der Waals surface area contributed by atoms with E-state index in [1.54, 1.807) is 0 Å². The first kappa shape index (κ1) is 12.5. The highest BCUT2D eigenvalue weighted by atomic mass is 16.4. The van der Waals surface area contributed by atoms with Gasteiger partial charge in [0.05, 0.1) is 5.92 Å². The van der Waals surface area contributed by atoms with Gasteiger partial charge in [0.15, 0.2) is 0 Å². The molecular formula is C12H23NO2. The van der Waals surface area contributed by atoms with Crippen molar-refractivity contribution < 1.29 is 9.90 Å². The van der Waals surface area contributed by atoms with Crippen molar-refractivity contribution in [2.75, 3.05) is 13.1 Å². The molecule has 0 aromatic carbocycles. The molecule has 3 nitrogen and oxygen atoms in total. The van der Waals surface area contributed by atoms with E-state index in [1.807, 2.05) is 0 Å². The van der Waals surface area contributed by atoms with Crippen LogP contribution in [-0.2, 0) is 4.79 Å². The van der Waals surface area contributed by atoms with Crippen LogP contribution in [0.3, 0.4) is 0 Å². The molecule has 1 saturated heterocycles. The minimum atomic E-state index is -0.616. The van der Waals surface area contributed by atoms with Crippen LogP contribution in [0.25, 0.3) is 0 Å². The van der Waals surface area contributed by atoms with E-state index in [0.29, 0.717) is 6.04 Å². The molecule has 0 amide bonds. The SMILES string of the molecule is CCCCCN1CCC(C(=O)O)CC1C. The summed E-state index contributed by atoms with van der Waals surface area (Å²) in [5.74, 6) is -0.725. The lowest BCUT2D eigenvalue weighted by Gasteiger charge is -2.36. The predicted molar refractivity (Wildman–Crippen MR) is 60.9 cm³/mol. The first-order valence-electron chi connectivity index (χ1n) is 6.12. The van der Waals surface area contributed by atoms with Crippen molar-refractivity contribution in [2.45, 2.75) is 52.0 Å². The molecule has 15 heavy (non-hydrogen) atoms. The summed E-state index contributed by atoms with van der Waals surface area (Å²) in [5.41, 5.74) is 0. The van der Waals surface area contributed by atoms with Gasteiger partial charge in [0.2, 0.25) is 0 Å². The van der Waals surface area contributed by atoms with Crippen molar-refractivity contribution in [1.29, 1.82) is 0 Å². The summed E-state index contributed by atoms with van der Waals surface area (Å²) in [6, 6.07) is 0.441. The van der Waals surface area contributed by atoms with Crippen molar-refractivity contribution in [3.05, 3.63) is 0 Å². The van der Waals surface area contributed by atoms with Crippen LogP contribution in [-0.4, -0.2) is 35.1 Å². The van der Waals surface area contributed by atoms with Gasteiger partial charge in [0.25, 0.3) is 0 Å². The molecule has 2 unspecified atom stereocenters. The fourth-order valence-electron chi connectivity index (χ4n) is 2.34. The fraction of sp³-hybridized carbons (Fsp3) is 0.917. The molecule has 1 aliphatic rings. The predicted octanol–water partition coefficient (Wildman–Crippen LogP) is 2.36. The lowest BCUT2D eigenvalue weighted by molar-refractivity contribution is -0.144. The van der Waals surface area contributed by atoms with Crippen molar-refractivity contribution >= 4 is 5.97 Å². The highest BCUT2D eigenvalue weighted by Crippen LogP contribution is 2.23. The van der Waals surface area contributed by atoms with E-state index in [1.165, 1.54) is 19.3 Å². The Morgan fingerprint density at radius 2 is 2.20 bits per heavy atom. The fourth-order valence-corrected chi connectivity index (χ4v) is 2.34. The highest BCUT2D eigenvalue weighted by Gasteiger charge is 2.28. The van der Waals surface area contributed by atoms with Crippen LogP contribution in [0.15, 0.2) is 0 Å². The van der Waals surface area contributed by atoms with Crippen LogP contribution < -0.4 is 0 Å². The van der Waals surface area contributed by atoms with Gasteiger partial charge in [-0.15, -0.1) is 0 Å². The molecule has 0 aromatic heterocycles. The largest absolute Gasteiger partial charge is 0.481 e. The van der Waals surface area contributed by atoms with Crippen LogP contribution in [0.1, 0.15) is 46.0 Å². The Bertz CT molecular complexity index is 206. The molecular weight excluding hydrogens is 190 g/mol. The quantitative estimate of drug-likeness (QED) is 0.713. The van der Waals surface area contributed by atoms with Gasteiger partial charge in [-0.3, -0.25) is 4.79 Å². The minimum Gasteiger partial charge on any atom is -0.481 e. The van der Waals surface area contributed by atoms with Crippen LogP contribution in [0.2, 0.25) is 0 Å². The first-order valence-corrected chi connectivity index (χ1v) is 6.12. The third-order valence-corrected chi connectivity index (χ3v) is 3.41. The normalized spacial score (nSPS) is 27.9. The number of hydrogen-bond donors (Lipinski definition) is 1. The summed E-state index contributed by atoms with van der Waals surface area (Å²) in [5, 5.41) is 8.94. The maximum Gasteiger partial charge on any atom is 0.306 e. The molecule has 1 aliphatic heterocycles. The van der Waals surface area contributed by atoms with E-state index in [4.69, 9.17) is 5.11 Å². The third kappa shape index (κ3) is 3.82. The maximum atomic E-state index is 10.8. The Kier molecular flexibility index (Phi) is 5.09. The Morgan fingerprint density at radius 3 is 2.73 bits per heavy atom. The van der Waals surface area contributed by atoms with Gasteiger partial charge in [-0.1, -0.05) is 19.8 Å². The molecule has 3 heteroatoms. The summed E-state index contributed by atoms with van der Waals surface area (Å²) in [6.07, 6.45) is 5.43. The van der Waals surface area contributed by atoms with Gasteiger partial charge < -0.3 is 10.0 Å². The molecule has 0 bridgehead atoms. The summed E-state index contributed by atoms with van der Waals surface area (Å²) in [4.78, 5) is 13.3. The Labute approximate surface area is 92.5 Å². The Balaban J connectivity index is 2.29. The Hall–Kier alpha value is -0.570. The number of unbranched alkanes of at least 4 members (excludes halogenated alkanes) is 2. The van der Waals surface area contributed by atoms with Gasteiger partial charge >= 0.3 is 5.97 Å². The van der Waals surface area contributed by atoms with E-state index < -0.39 is 5.97 Å². The smallest absolute Gasteiger partial charge is 0.306 e. The molecule has 0 saturated carbocycles. The minimum absolute atomic E-state index is 0.109. The number of rotatable bonds is 5. The summed E-state index contributed by atoms with van der Waals surface area (Å²) >= 11 is 0. The molecule has 0 radical (unpaired) electrons. The molecule has 1 heterocycles. The van der Waals surface area contributed by atoms with Crippen molar-refractivity contribution in [1.82, 2.24) is 4.90 Å². The highest BCUT2D eigenvalue weighted by molar-refractivity contribution is 5.70. The van der Waals surface area contributed by atoms with Gasteiger partial charge in [-0.05, 0) is 39.3 Å². The zero-order valence-corrected chi connectivity index (χ0v) is 9.91. The van der Waals surface area contributed by atoms with Crippen LogP contribution in [0, 0.1) is 5.92 Å². The van der Waals surface area contributed by atoms with Crippen molar-refractivity contribution in [3.8, 4) is 0 Å². The molecule has 1 rings (SSSR count). The average molecular weight is 213 g/mol. The van der Waals surface area contributed by atoms with Crippen molar-refractivity contribution in [3.63, 3.8) is 0 Å². The average Bonchev–Trinajstić information content (AvgIpc) is 2.20. The lowest BCUT2D eigenvalue weighted by Crippen LogP contribution is -2.43. The molecule has 0 aliphatic carbocycles. The zero-order chi connectivity index (χ0) is 11.3. The molecule has 0 spiro atoms. The molecule has 2 atom stereocenters. The maximum absolute atomic E-state index is 10.8. The van der Waals surface area contributed by atoms with Crippen molar-refractivity contribution in [2.24, 2.45) is 5.92 Å². The van der Waals surface area contributed by atoms with Crippen LogP contribution >= 0.6 is 0 Å². The van der Waals surface area contributed by atoms with E-state index in [2.05, 4.69) is 18.7 Å². The topological polar surface area (TPSA) is 40.5 Å². The monoisotopic (exact) mass is 213 g/mol. The molecule has 0 aromatic rings. The lowest BCUT2D eigenvalue weighted by atomic mass is 9.91. The summed E-state index contributed by atoms with van der Waals surface area (Å²) in [6.45, 7) is 6.46. The van der Waals surface area contributed by atoms with E-state index >= 15 is 0 Å². The summed E-state index contributed by atoms with van der Waals surface area (Å²) < 4.78 is 0. The van der Waals surface area contributed by atoms with Crippen LogP contribution in [0.5, 0.6) is 0 Å². The molecule has 88 valence electrons. The number of carboxylic acids is 1. The van der Waals surface area contributed by atoms with Gasteiger partial charge in [-0.25, -0.2) is 0 Å². The number of nitrogens with zero attached hydrogens (tertiary/aromatic N) is 1. The number of likely N-dealkylation sites (tertiary alicyclic amines) is 1. The standard InChI is InChI=1S/C12H23NO2/c1-3-4-5-7-13-8-6-11(12(14)15)9-10(13)2/h10-11H,3-9H2,1-2H3,(H,14,15). The summed E-state index contributed by atoms with van der Waals surface area (Å²) in [7, 11) is 0. The van der Waals surface area contributed by atoms with Gasteiger partial charge in [-0.2, -0.15) is 0 Å². The van der Waals surface area contributed by atoms with Crippen LogP contribution in [0.4, 0.5) is 0 Å². The zero-order valence-electron chi connectivity index (χ0n) is 9.91. The van der Waals surface area contributed by atoms with E-state index in [0.717, 1.165) is 25.9 Å². The Morgan fingerprint density at radius 1 is 1.47 bits per heavy atom. The number of carbonyl (C=O) groups is 1. The molecule has 1 fully saturated rings. The molecule has 1 N–H and O–H groups in total. The van der Waals surface area contributed by atoms with E-state index in [9.17, 15) is 4.79 Å². The number of aliphatic carboxylic acids is 1. The van der Waals surface area contributed by atoms with E-state index in [-0.39, 0.29) is 5.92 Å². The second-order valence-electron chi connectivity index (χ2n) is 4.65. The number of hydrogen-bond acceptors (Lipinski definition) is 2.